The molecule has 1 aliphatic rings. The summed E-state index contributed by atoms with van der Waals surface area (Å²) in [6.07, 6.45) is 2.41. The van der Waals surface area contributed by atoms with Crippen molar-refractivity contribution in [3.05, 3.63) is 42.0 Å². The summed E-state index contributed by atoms with van der Waals surface area (Å²) in [4.78, 5) is 3.96. The number of nitrogens with zero attached hydrogens (tertiary/aromatic N) is 4. The maximum Gasteiger partial charge on any atom is 0.219 e. The molecule has 2 heterocycles. The summed E-state index contributed by atoms with van der Waals surface area (Å²) in [6.45, 7) is 0.570. The molecule has 0 aliphatic carbocycles. The highest BCUT2D eigenvalue weighted by Gasteiger charge is 2.23. The number of nitrogens with two attached hydrogens (primary N) is 1. The van der Waals surface area contributed by atoms with Gasteiger partial charge in [-0.05, 0) is 11.6 Å². The van der Waals surface area contributed by atoms with Gasteiger partial charge in [-0.1, -0.05) is 23.4 Å². The molecule has 0 saturated carbocycles. The fraction of sp³-hybridized carbons (Fsp3) is 0.250. The summed E-state index contributed by atoms with van der Waals surface area (Å²) in [5, 5.41) is 15.5. The molecule has 0 amide bonds. The van der Waals surface area contributed by atoms with Crippen molar-refractivity contribution in [1.29, 1.82) is 0 Å². The highest BCUT2D eigenvalue weighted by molar-refractivity contribution is 5.93. The van der Waals surface area contributed by atoms with E-state index in [1.54, 1.807) is 11.0 Å². The lowest BCUT2D eigenvalue weighted by Crippen LogP contribution is -2.22. The number of para-hydroxylation sites is 1. The summed E-state index contributed by atoms with van der Waals surface area (Å²) < 4.78 is 7.44. The zero-order chi connectivity index (χ0) is 13.2. The van der Waals surface area contributed by atoms with Gasteiger partial charge in [-0.2, -0.15) is 0 Å². The van der Waals surface area contributed by atoms with E-state index in [1.165, 1.54) is 5.56 Å². The minimum Gasteiger partial charge on any atom is -0.488 e. The number of benzene rings is 1. The lowest BCUT2D eigenvalue weighted by molar-refractivity contribution is 0.203. The first kappa shape index (κ1) is 11.5. The SMILES string of the molecule is NC(=NO)c1ncn(CC2Cc3ccccc3O2)n1. The van der Waals surface area contributed by atoms with Crippen LogP contribution in [0.4, 0.5) is 0 Å². The second-order valence-corrected chi connectivity index (χ2v) is 4.33. The van der Waals surface area contributed by atoms with E-state index in [0.29, 0.717) is 6.54 Å². The molecule has 1 aromatic heterocycles. The van der Waals surface area contributed by atoms with Crippen LogP contribution in [0.2, 0.25) is 0 Å². The van der Waals surface area contributed by atoms with Gasteiger partial charge in [0.05, 0.1) is 6.54 Å². The van der Waals surface area contributed by atoms with Gasteiger partial charge in [0.1, 0.15) is 18.2 Å². The van der Waals surface area contributed by atoms with Crippen LogP contribution in [0.15, 0.2) is 35.7 Å². The highest BCUT2D eigenvalue weighted by atomic mass is 16.5. The Kier molecular flexibility index (Phi) is 2.79. The molecule has 3 N–H and O–H groups in total. The molecule has 1 aliphatic heterocycles. The van der Waals surface area contributed by atoms with Crippen LogP contribution in [-0.4, -0.2) is 31.9 Å². The number of oxime groups is 1. The third-order valence-corrected chi connectivity index (χ3v) is 2.98. The first-order valence-electron chi connectivity index (χ1n) is 5.88. The molecule has 0 fully saturated rings. The van der Waals surface area contributed by atoms with Crippen molar-refractivity contribution >= 4 is 5.84 Å². The van der Waals surface area contributed by atoms with Crippen LogP contribution >= 0.6 is 0 Å². The predicted molar refractivity (Wildman–Crippen MR) is 67.1 cm³/mol. The molecule has 1 aromatic carbocycles. The van der Waals surface area contributed by atoms with Gasteiger partial charge in [0.2, 0.25) is 11.7 Å². The van der Waals surface area contributed by atoms with Gasteiger partial charge in [-0.3, -0.25) is 0 Å². The molecule has 3 rings (SSSR count). The van der Waals surface area contributed by atoms with Crippen molar-refractivity contribution in [3.8, 4) is 5.75 Å². The van der Waals surface area contributed by atoms with E-state index in [4.69, 9.17) is 15.7 Å². The first-order chi connectivity index (χ1) is 9.26. The molecule has 7 heteroatoms. The lowest BCUT2D eigenvalue weighted by atomic mass is 10.1. The molecule has 1 atom stereocenters. The third-order valence-electron chi connectivity index (χ3n) is 2.98. The molecule has 0 radical (unpaired) electrons. The number of aromatic nitrogens is 3. The Morgan fingerprint density at radius 3 is 3.16 bits per heavy atom. The number of ether oxygens (including phenoxy) is 1. The van der Waals surface area contributed by atoms with Crippen LogP contribution < -0.4 is 10.5 Å². The minimum absolute atomic E-state index is 0.0271. The second kappa shape index (κ2) is 4.60. The average molecular weight is 259 g/mol. The summed E-state index contributed by atoms with van der Waals surface area (Å²) >= 11 is 0. The Labute approximate surface area is 109 Å². The fourth-order valence-corrected chi connectivity index (χ4v) is 2.11. The van der Waals surface area contributed by atoms with Crippen molar-refractivity contribution in [3.63, 3.8) is 0 Å². The summed E-state index contributed by atoms with van der Waals surface area (Å²) in [5.74, 6) is 1.02. The zero-order valence-corrected chi connectivity index (χ0v) is 10.1. The van der Waals surface area contributed by atoms with E-state index in [0.717, 1.165) is 12.2 Å². The molecule has 1 unspecified atom stereocenters. The standard InChI is InChI=1S/C12H13N5O2/c13-11(16-18)12-14-7-17(15-12)6-9-5-8-3-1-2-4-10(8)19-9/h1-4,7,9,18H,5-6H2,(H2,13,16). The van der Waals surface area contributed by atoms with Gasteiger partial charge >= 0.3 is 0 Å². The first-order valence-corrected chi connectivity index (χ1v) is 5.88. The number of rotatable bonds is 3. The van der Waals surface area contributed by atoms with Crippen molar-refractivity contribution < 1.29 is 9.94 Å². The minimum atomic E-state index is -0.102. The van der Waals surface area contributed by atoms with Gasteiger partial charge < -0.3 is 15.7 Å². The van der Waals surface area contributed by atoms with Crippen LogP contribution in [0.3, 0.4) is 0 Å². The van der Waals surface area contributed by atoms with E-state index in [2.05, 4.69) is 21.3 Å². The van der Waals surface area contributed by atoms with Crippen LogP contribution in [0.5, 0.6) is 5.75 Å². The topological polar surface area (TPSA) is 98.6 Å². The molecule has 0 saturated heterocycles. The highest BCUT2D eigenvalue weighted by Crippen LogP contribution is 2.28. The van der Waals surface area contributed by atoms with E-state index >= 15 is 0 Å². The van der Waals surface area contributed by atoms with Gasteiger partial charge in [0, 0.05) is 6.42 Å². The summed E-state index contributed by atoms with van der Waals surface area (Å²) in [6, 6.07) is 7.96. The Morgan fingerprint density at radius 1 is 1.53 bits per heavy atom. The Morgan fingerprint density at radius 2 is 2.37 bits per heavy atom. The Bertz CT molecular complexity index is 597. The fourth-order valence-electron chi connectivity index (χ4n) is 2.11. The predicted octanol–water partition coefficient (Wildman–Crippen LogP) is 0.376. The van der Waals surface area contributed by atoms with Crippen molar-refractivity contribution in [1.82, 2.24) is 14.8 Å². The molecule has 2 aromatic rings. The Hall–Kier alpha value is -2.57. The van der Waals surface area contributed by atoms with Crippen molar-refractivity contribution in [2.24, 2.45) is 10.9 Å². The van der Waals surface area contributed by atoms with E-state index in [1.807, 2.05) is 18.2 Å². The number of hydrogen-bond acceptors (Lipinski definition) is 5. The molecule has 98 valence electrons. The van der Waals surface area contributed by atoms with Gasteiger partial charge in [-0.25, -0.2) is 9.67 Å². The normalized spacial score (nSPS) is 18.1. The second-order valence-electron chi connectivity index (χ2n) is 4.33. The van der Waals surface area contributed by atoms with Gasteiger partial charge in [-0.15, -0.1) is 5.10 Å². The van der Waals surface area contributed by atoms with Crippen LogP contribution in [0, 0.1) is 0 Å². The molecule has 19 heavy (non-hydrogen) atoms. The van der Waals surface area contributed by atoms with Crippen LogP contribution in [-0.2, 0) is 13.0 Å². The van der Waals surface area contributed by atoms with Crippen LogP contribution in [0.25, 0.3) is 0 Å². The summed E-state index contributed by atoms with van der Waals surface area (Å²) in [5.41, 5.74) is 6.61. The van der Waals surface area contributed by atoms with Crippen molar-refractivity contribution in [2.75, 3.05) is 0 Å². The third kappa shape index (κ3) is 2.22. The number of hydrogen-bond donors (Lipinski definition) is 2. The van der Waals surface area contributed by atoms with Gasteiger partial charge in [0.25, 0.3) is 0 Å². The molecular weight excluding hydrogens is 246 g/mol. The van der Waals surface area contributed by atoms with Crippen molar-refractivity contribution in [2.45, 2.75) is 19.1 Å². The average Bonchev–Trinajstić information content (AvgIpc) is 3.04. The molecule has 0 bridgehead atoms. The quantitative estimate of drug-likeness (QED) is 0.359. The molecule has 7 nitrogen and oxygen atoms in total. The maximum absolute atomic E-state index is 8.55. The van der Waals surface area contributed by atoms with Crippen LogP contribution in [0.1, 0.15) is 11.4 Å². The van der Waals surface area contributed by atoms with E-state index in [-0.39, 0.29) is 17.8 Å². The van der Waals surface area contributed by atoms with E-state index in [9.17, 15) is 0 Å². The van der Waals surface area contributed by atoms with Gasteiger partial charge in [0.15, 0.2) is 0 Å². The lowest BCUT2D eigenvalue weighted by Gasteiger charge is -2.09. The zero-order valence-electron chi connectivity index (χ0n) is 10.1. The monoisotopic (exact) mass is 259 g/mol. The maximum atomic E-state index is 8.55. The largest absolute Gasteiger partial charge is 0.488 e. The Balaban J connectivity index is 1.69. The number of amidine groups is 1. The summed E-state index contributed by atoms with van der Waals surface area (Å²) in [7, 11) is 0. The van der Waals surface area contributed by atoms with E-state index < -0.39 is 0 Å². The molecule has 0 spiro atoms. The molecular formula is C12H13N5O2. The smallest absolute Gasteiger partial charge is 0.219 e. The number of fused-ring (bicyclic) bond motifs is 1.